The number of anilines is 1. The normalized spacial score (nSPS) is 15.9. The number of hydrogen-bond acceptors (Lipinski definition) is 3. The third-order valence-electron chi connectivity index (χ3n) is 3.92. The van der Waals surface area contributed by atoms with Crippen LogP contribution in [0.15, 0.2) is 12.1 Å². The zero-order valence-corrected chi connectivity index (χ0v) is 12.7. The van der Waals surface area contributed by atoms with Crippen molar-refractivity contribution >= 4 is 28.9 Å². The van der Waals surface area contributed by atoms with E-state index in [1.54, 1.807) is 12.1 Å². The molecule has 0 unspecified atom stereocenters. The van der Waals surface area contributed by atoms with Crippen LogP contribution in [0.25, 0.3) is 11.4 Å². The second-order valence-electron chi connectivity index (χ2n) is 5.20. The maximum absolute atomic E-state index is 6.30. The Balaban J connectivity index is 2.18. The molecule has 2 aromatic rings. The van der Waals surface area contributed by atoms with Crippen LogP contribution in [0.3, 0.4) is 0 Å². The highest BCUT2D eigenvalue weighted by molar-refractivity contribution is 6.37. The molecule has 1 aromatic heterocycles. The summed E-state index contributed by atoms with van der Waals surface area (Å²) in [6.07, 6.45) is 4.76. The van der Waals surface area contributed by atoms with Gasteiger partial charge in [0.2, 0.25) is 0 Å². The van der Waals surface area contributed by atoms with Gasteiger partial charge in [-0.1, -0.05) is 36.0 Å². The Kier molecular flexibility index (Phi) is 3.61. The lowest BCUT2D eigenvalue weighted by molar-refractivity contribution is 0.510. The Hall–Kier alpha value is -1.26. The predicted molar refractivity (Wildman–Crippen MR) is 82.1 cm³/mol. The molecule has 20 heavy (non-hydrogen) atoms. The summed E-state index contributed by atoms with van der Waals surface area (Å²) in [5.74, 6) is 1.61. The van der Waals surface area contributed by atoms with Gasteiger partial charge in [0.05, 0.1) is 21.3 Å². The maximum Gasteiger partial charge on any atom is 0.167 e. The quantitative estimate of drug-likeness (QED) is 0.843. The van der Waals surface area contributed by atoms with E-state index in [0.29, 0.717) is 27.3 Å². The van der Waals surface area contributed by atoms with Crippen molar-refractivity contribution in [3.63, 3.8) is 0 Å². The standard InChI is InChI=1S/C14H16Cl2N4/c1-8-18-19-14(20(8)9-4-2-3-5-9)12-10(15)6-7-11(16)13(12)17/h6-7,9H,2-5,17H2,1H3. The van der Waals surface area contributed by atoms with Gasteiger partial charge in [-0.05, 0) is 31.9 Å². The summed E-state index contributed by atoms with van der Waals surface area (Å²) in [6.45, 7) is 1.96. The lowest BCUT2D eigenvalue weighted by Crippen LogP contribution is -2.09. The SMILES string of the molecule is Cc1nnc(-c2c(Cl)ccc(Cl)c2N)n1C1CCCC1. The second-order valence-corrected chi connectivity index (χ2v) is 6.01. The van der Waals surface area contributed by atoms with Crippen molar-refractivity contribution in [1.29, 1.82) is 0 Å². The zero-order chi connectivity index (χ0) is 14.3. The lowest BCUT2D eigenvalue weighted by atomic mass is 10.1. The van der Waals surface area contributed by atoms with E-state index in [4.69, 9.17) is 28.9 Å². The molecule has 0 aliphatic heterocycles. The third-order valence-corrected chi connectivity index (χ3v) is 4.57. The van der Waals surface area contributed by atoms with Gasteiger partial charge in [-0.3, -0.25) is 0 Å². The molecule has 0 amide bonds. The Labute approximate surface area is 127 Å². The van der Waals surface area contributed by atoms with E-state index in [1.807, 2.05) is 6.92 Å². The minimum absolute atomic E-state index is 0.425. The molecular formula is C14H16Cl2N4. The molecule has 0 bridgehead atoms. The zero-order valence-electron chi connectivity index (χ0n) is 11.2. The van der Waals surface area contributed by atoms with E-state index in [0.717, 1.165) is 24.5 Å². The van der Waals surface area contributed by atoms with Gasteiger partial charge in [-0.15, -0.1) is 10.2 Å². The van der Waals surface area contributed by atoms with Crippen molar-refractivity contribution in [3.05, 3.63) is 28.0 Å². The Morgan fingerprint density at radius 2 is 1.80 bits per heavy atom. The number of rotatable bonds is 2. The fourth-order valence-electron chi connectivity index (χ4n) is 2.93. The Morgan fingerprint density at radius 3 is 2.50 bits per heavy atom. The largest absolute Gasteiger partial charge is 0.397 e. The number of benzene rings is 1. The number of nitrogens with two attached hydrogens (primary N) is 1. The van der Waals surface area contributed by atoms with Crippen molar-refractivity contribution in [2.45, 2.75) is 38.6 Å². The van der Waals surface area contributed by atoms with Crippen molar-refractivity contribution in [3.8, 4) is 11.4 Å². The van der Waals surface area contributed by atoms with Crippen LogP contribution in [0, 0.1) is 6.92 Å². The molecule has 6 heteroatoms. The number of nitrogen functional groups attached to an aromatic ring is 1. The molecule has 1 aliphatic rings. The molecule has 106 valence electrons. The van der Waals surface area contributed by atoms with Crippen LogP contribution in [0.1, 0.15) is 37.5 Å². The molecule has 0 radical (unpaired) electrons. The molecule has 0 saturated heterocycles. The molecule has 1 heterocycles. The smallest absolute Gasteiger partial charge is 0.167 e. The summed E-state index contributed by atoms with van der Waals surface area (Å²) >= 11 is 12.4. The average Bonchev–Trinajstić information content (AvgIpc) is 3.04. The van der Waals surface area contributed by atoms with Crippen LogP contribution in [0.5, 0.6) is 0 Å². The number of aromatic nitrogens is 3. The van der Waals surface area contributed by atoms with E-state index in [-0.39, 0.29) is 0 Å². The van der Waals surface area contributed by atoms with E-state index < -0.39 is 0 Å². The summed E-state index contributed by atoms with van der Waals surface area (Å²) in [5, 5.41) is 9.53. The van der Waals surface area contributed by atoms with Gasteiger partial charge in [0.25, 0.3) is 0 Å². The van der Waals surface area contributed by atoms with Gasteiger partial charge in [0.15, 0.2) is 5.82 Å². The fraction of sp³-hybridized carbons (Fsp3) is 0.429. The molecule has 1 fully saturated rings. The predicted octanol–water partition coefficient (Wildman–Crippen LogP) is 4.26. The summed E-state index contributed by atoms with van der Waals surface area (Å²) in [7, 11) is 0. The molecule has 2 N–H and O–H groups in total. The minimum atomic E-state index is 0.425. The van der Waals surface area contributed by atoms with Crippen molar-refractivity contribution in [2.24, 2.45) is 0 Å². The van der Waals surface area contributed by atoms with Crippen LogP contribution >= 0.6 is 23.2 Å². The summed E-state index contributed by atoms with van der Waals surface area (Å²) in [4.78, 5) is 0. The topological polar surface area (TPSA) is 56.7 Å². The summed E-state index contributed by atoms with van der Waals surface area (Å²) in [5.41, 5.74) is 7.25. The molecular weight excluding hydrogens is 295 g/mol. The first-order chi connectivity index (χ1) is 9.59. The first kappa shape index (κ1) is 13.7. The van der Waals surface area contributed by atoms with Crippen LogP contribution in [0.4, 0.5) is 5.69 Å². The van der Waals surface area contributed by atoms with Gasteiger partial charge >= 0.3 is 0 Å². The van der Waals surface area contributed by atoms with Crippen LogP contribution in [-0.2, 0) is 0 Å². The molecule has 3 rings (SSSR count). The fourth-order valence-corrected chi connectivity index (χ4v) is 3.34. The summed E-state index contributed by atoms with van der Waals surface area (Å²) in [6, 6.07) is 3.87. The average molecular weight is 311 g/mol. The highest BCUT2D eigenvalue weighted by Gasteiger charge is 2.25. The summed E-state index contributed by atoms with van der Waals surface area (Å²) < 4.78 is 2.15. The maximum atomic E-state index is 6.30. The van der Waals surface area contributed by atoms with Crippen molar-refractivity contribution < 1.29 is 0 Å². The van der Waals surface area contributed by atoms with Gasteiger partial charge in [0, 0.05) is 6.04 Å². The van der Waals surface area contributed by atoms with Gasteiger partial charge < -0.3 is 10.3 Å². The van der Waals surface area contributed by atoms with Crippen molar-refractivity contribution in [2.75, 3.05) is 5.73 Å². The number of nitrogens with zero attached hydrogens (tertiary/aromatic N) is 3. The first-order valence-corrected chi connectivity index (χ1v) is 7.50. The molecule has 1 aromatic carbocycles. The molecule has 1 aliphatic carbocycles. The van der Waals surface area contributed by atoms with E-state index in [2.05, 4.69) is 14.8 Å². The Morgan fingerprint density at radius 1 is 1.15 bits per heavy atom. The highest BCUT2D eigenvalue weighted by Crippen LogP contribution is 2.40. The molecule has 0 atom stereocenters. The van der Waals surface area contributed by atoms with E-state index in [1.165, 1.54) is 12.8 Å². The van der Waals surface area contributed by atoms with Crippen LogP contribution < -0.4 is 5.73 Å². The third kappa shape index (κ3) is 2.17. The van der Waals surface area contributed by atoms with Gasteiger partial charge in [-0.25, -0.2) is 0 Å². The number of halogens is 2. The minimum Gasteiger partial charge on any atom is -0.397 e. The van der Waals surface area contributed by atoms with E-state index >= 15 is 0 Å². The van der Waals surface area contributed by atoms with Gasteiger partial charge in [-0.2, -0.15) is 0 Å². The van der Waals surface area contributed by atoms with Crippen molar-refractivity contribution in [1.82, 2.24) is 14.8 Å². The lowest BCUT2D eigenvalue weighted by Gasteiger charge is -2.17. The number of aryl methyl sites for hydroxylation is 1. The van der Waals surface area contributed by atoms with Gasteiger partial charge in [0.1, 0.15) is 5.82 Å². The van der Waals surface area contributed by atoms with Crippen LogP contribution in [-0.4, -0.2) is 14.8 Å². The monoisotopic (exact) mass is 310 g/mol. The molecule has 1 saturated carbocycles. The molecule has 0 spiro atoms. The first-order valence-electron chi connectivity index (χ1n) is 6.75. The number of hydrogen-bond donors (Lipinski definition) is 1. The highest BCUT2D eigenvalue weighted by atomic mass is 35.5. The van der Waals surface area contributed by atoms with Crippen LogP contribution in [0.2, 0.25) is 10.0 Å². The molecule has 4 nitrogen and oxygen atoms in total. The second kappa shape index (κ2) is 5.26. The Bertz CT molecular complexity index is 645. The van der Waals surface area contributed by atoms with E-state index in [9.17, 15) is 0 Å².